The van der Waals surface area contributed by atoms with Crippen molar-refractivity contribution in [2.75, 3.05) is 6.54 Å². The number of nitrogens with two attached hydrogens (primary N) is 1. The summed E-state index contributed by atoms with van der Waals surface area (Å²) in [6.07, 6.45) is 4.16. The van der Waals surface area contributed by atoms with Gasteiger partial charge in [0.1, 0.15) is 0 Å². The molecule has 1 heterocycles. The van der Waals surface area contributed by atoms with E-state index in [1.165, 1.54) is 0 Å². The van der Waals surface area contributed by atoms with Crippen LogP contribution in [0.25, 0.3) is 0 Å². The maximum atomic E-state index is 11.8. The Morgan fingerprint density at radius 2 is 1.74 bits per heavy atom. The minimum absolute atomic E-state index is 0. The van der Waals surface area contributed by atoms with Crippen LogP contribution in [0.4, 0.5) is 0 Å². The molecule has 0 saturated carbocycles. The summed E-state index contributed by atoms with van der Waals surface area (Å²) in [4.78, 5) is 27.4. The SMILES string of the molecule is CC(Cc1ccncc1)NC(=O)CNC(=O)[C@@H](N)C(C)C.Cl.Cl. The Morgan fingerprint density at radius 1 is 1.17 bits per heavy atom. The van der Waals surface area contributed by atoms with Gasteiger partial charge in [-0.15, -0.1) is 24.8 Å². The van der Waals surface area contributed by atoms with Crippen LogP contribution < -0.4 is 16.4 Å². The third-order valence-corrected chi connectivity index (χ3v) is 3.14. The highest BCUT2D eigenvalue weighted by Gasteiger charge is 2.18. The topological polar surface area (TPSA) is 97.1 Å². The van der Waals surface area contributed by atoms with Crippen molar-refractivity contribution in [3.8, 4) is 0 Å². The van der Waals surface area contributed by atoms with Crippen molar-refractivity contribution in [3.63, 3.8) is 0 Å². The van der Waals surface area contributed by atoms with Crippen LogP contribution in [0.5, 0.6) is 0 Å². The Kier molecular flexibility index (Phi) is 12.6. The Labute approximate surface area is 149 Å². The average Bonchev–Trinajstić information content (AvgIpc) is 2.44. The van der Waals surface area contributed by atoms with Gasteiger partial charge in [0.25, 0.3) is 0 Å². The maximum Gasteiger partial charge on any atom is 0.239 e. The molecule has 0 bridgehead atoms. The lowest BCUT2D eigenvalue weighted by Gasteiger charge is -2.17. The molecule has 2 atom stereocenters. The number of halogens is 2. The molecule has 0 aliphatic rings. The van der Waals surface area contributed by atoms with Crippen LogP contribution in [-0.2, 0) is 16.0 Å². The number of hydrogen-bond donors (Lipinski definition) is 3. The molecular formula is C15H26Cl2N4O2. The average molecular weight is 365 g/mol. The van der Waals surface area contributed by atoms with Crippen molar-refractivity contribution in [2.24, 2.45) is 11.7 Å². The van der Waals surface area contributed by atoms with E-state index in [4.69, 9.17) is 5.73 Å². The van der Waals surface area contributed by atoms with Crippen molar-refractivity contribution in [1.82, 2.24) is 15.6 Å². The molecule has 2 amide bonds. The summed E-state index contributed by atoms with van der Waals surface area (Å²) in [5.41, 5.74) is 6.80. The minimum atomic E-state index is -0.591. The van der Waals surface area contributed by atoms with Crippen molar-refractivity contribution >= 4 is 36.6 Å². The van der Waals surface area contributed by atoms with Gasteiger partial charge in [0.05, 0.1) is 12.6 Å². The van der Waals surface area contributed by atoms with E-state index in [0.717, 1.165) is 5.56 Å². The van der Waals surface area contributed by atoms with Crippen molar-refractivity contribution in [2.45, 2.75) is 39.3 Å². The quantitative estimate of drug-likeness (QED) is 0.673. The van der Waals surface area contributed by atoms with Gasteiger partial charge in [-0.1, -0.05) is 13.8 Å². The first-order valence-corrected chi connectivity index (χ1v) is 7.11. The molecule has 0 radical (unpaired) electrons. The molecule has 1 aromatic rings. The zero-order chi connectivity index (χ0) is 15.8. The van der Waals surface area contributed by atoms with Crippen LogP contribution >= 0.6 is 24.8 Å². The second kappa shape index (κ2) is 12.1. The fourth-order valence-corrected chi connectivity index (χ4v) is 1.84. The van der Waals surface area contributed by atoms with E-state index >= 15 is 0 Å². The largest absolute Gasteiger partial charge is 0.352 e. The molecule has 1 aromatic heterocycles. The summed E-state index contributed by atoms with van der Waals surface area (Å²) in [5, 5.41) is 5.38. The lowest BCUT2D eigenvalue weighted by atomic mass is 10.1. The van der Waals surface area contributed by atoms with Crippen molar-refractivity contribution in [3.05, 3.63) is 30.1 Å². The van der Waals surface area contributed by atoms with E-state index in [1.807, 2.05) is 32.9 Å². The zero-order valence-corrected chi connectivity index (χ0v) is 15.2. The fourth-order valence-electron chi connectivity index (χ4n) is 1.84. The number of aromatic nitrogens is 1. The van der Waals surface area contributed by atoms with Crippen molar-refractivity contribution < 1.29 is 9.59 Å². The van der Waals surface area contributed by atoms with Gasteiger partial charge in [-0.25, -0.2) is 0 Å². The standard InChI is InChI=1S/C15H24N4O2.2ClH/c1-10(2)14(16)15(21)18-9-13(20)19-11(3)8-12-4-6-17-7-5-12;;/h4-7,10-11,14H,8-9,16H2,1-3H3,(H,18,21)(H,19,20);2*1H/t11?,14-;;/m0../s1. The fraction of sp³-hybridized carbons (Fsp3) is 0.533. The van der Waals surface area contributed by atoms with Gasteiger partial charge in [0, 0.05) is 18.4 Å². The van der Waals surface area contributed by atoms with E-state index in [0.29, 0.717) is 6.42 Å². The Morgan fingerprint density at radius 3 is 2.26 bits per heavy atom. The predicted molar refractivity (Wildman–Crippen MR) is 95.9 cm³/mol. The number of pyridine rings is 1. The van der Waals surface area contributed by atoms with Gasteiger partial charge in [-0.3, -0.25) is 14.6 Å². The van der Waals surface area contributed by atoms with E-state index in [1.54, 1.807) is 12.4 Å². The molecule has 1 unspecified atom stereocenters. The van der Waals surface area contributed by atoms with E-state index in [-0.39, 0.29) is 55.1 Å². The molecular weight excluding hydrogens is 339 g/mol. The van der Waals surface area contributed by atoms with Gasteiger partial charge in [-0.05, 0) is 37.0 Å². The molecule has 23 heavy (non-hydrogen) atoms. The molecule has 1 rings (SSSR count). The molecule has 4 N–H and O–H groups in total. The summed E-state index contributed by atoms with van der Waals surface area (Å²) in [5.74, 6) is -0.485. The lowest BCUT2D eigenvalue weighted by Crippen LogP contribution is -2.48. The smallest absolute Gasteiger partial charge is 0.239 e. The van der Waals surface area contributed by atoms with Gasteiger partial charge >= 0.3 is 0 Å². The molecule has 0 fully saturated rings. The highest BCUT2D eigenvalue weighted by atomic mass is 35.5. The summed E-state index contributed by atoms with van der Waals surface area (Å²) in [6.45, 7) is 5.59. The second-order valence-electron chi connectivity index (χ2n) is 5.52. The number of nitrogens with one attached hydrogen (secondary N) is 2. The number of carbonyl (C=O) groups excluding carboxylic acids is 2. The second-order valence-corrected chi connectivity index (χ2v) is 5.52. The molecule has 132 valence electrons. The third-order valence-electron chi connectivity index (χ3n) is 3.14. The number of nitrogens with zero attached hydrogens (tertiary/aromatic N) is 1. The van der Waals surface area contributed by atoms with Crippen LogP contribution in [-0.4, -0.2) is 35.4 Å². The van der Waals surface area contributed by atoms with Crippen LogP contribution in [0, 0.1) is 5.92 Å². The summed E-state index contributed by atoms with van der Waals surface area (Å²) >= 11 is 0. The Hall–Kier alpha value is -1.37. The highest BCUT2D eigenvalue weighted by molar-refractivity contribution is 5.87. The Balaban J connectivity index is 0. The van der Waals surface area contributed by atoms with Crippen LogP contribution in [0.1, 0.15) is 26.3 Å². The molecule has 6 nitrogen and oxygen atoms in total. The van der Waals surface area contributed by atoms with E-state index < -0.39 is 6.04 Å². The van der Waals surface area contributed by atoms with E-state index in [9.17, 15) is 9.59 Å². The lowest BCUT2D eigenvalue weighted by molar-refractivity contribution is -0.127. The predicted octanol–water partition coefficient (Wildman–Crippen LogP) is 1.07. The number of hydrogen-bond acceptors (Lipinski definition) is 4. The molecule has 0 spiro atoms. The summed E-state index contributed by atoms with van der Waals surface area (Å²) in [6, 6.07) is 3.21. The molecule has 0 aliphatic heterocycles. The first-order valence-electron chi connectivity index (χ1n) is 7.11. The first kappa shape index (κ1) is 23.9. The van der Waals surface area contributed by atoms with Gasteiger partial charge < -0.3 is 16.4 Å². The molecule has 0 aliphatic carbocycles. The minimum Gasteiger partial charge on any atom is -0.352 e. The summed E-state index contributed by atoms with van der Waals surface area (Å²) < 4.78 is 0. The van der Waals surface area contributed by atoms with Crippen LogP contribution in [0.2, 0.25) is 0 Å². The van der Waals surface area contributed by atoms with E-state index in [2.05, 4.69) is 15.6 Å². The Bertz CT molecular complexity index is 472. The van der Waals surface area contributed by atoms with Gasteiger partial charge in [0.2, 0.25) is 11.8 Å². The number of carbonyl (C=O) groups is 2. The number of rotatable bonds is 7. The molecule has 0 saturated heterocycles. The van der Waals surface area contributed by atoms with Crippen LogP contribution in [0.3, 0.4) is 0 Å². The maximum absolute atomic E-state index is 11.8. The first-order chi connectivity index (χ1) is 9.90. The normalized spacial score (nSPS) is 12.4. The molecule has 8 heteroatoms. The summed E-state index contributed by atoms with van der Waals surface area (Å²) in [7, 11) is 0. The highest BCUT2D eigenvalue weighted by Crippen LogP contribution is 2.01. The monoisotopic (exact) mass is 364 g/mol. The third kappa shape index (κ3) is 9.38. The van der Waals surface area contributed by atoms with Gasteiger partial charge in [-0.2, -0.15) is 0 Å². The number of amides is 2. The van der Waals surface area contributed by atoms with Crippen LogP contribution in [0.15, 0.2) is 24.5 Å². The molecule has 0 aromatic carbocycles. The zero-order valence-electron chi connectivity index (χ0n) is 13.6. The van der Waals surface area contributed by atoms with Gasteiger partial charge in [0.15, 0.2) is 0 Å². The van der Waals surface area contributed by atoms with Crippen molar-refractivity contribution in [1.29, 1.82) is 0 Å².